The molecule has 4 heterocycles. The number of aromatic amines is 1. The second kappa shape index (κ2) is 12.6. The van der Waals surface area contributed by atoms with Gasteiger partial charge in [0.1, 0.15) is 11.9 Å². The molecule has 0 unspecified atom stereocenters. The lowest BCUT2D eigenvalue weighted by Gasteiger charge is -2.22. The van der Waals surface area contributed by atoms with Crippen LogP contribution in [0.2, 0.25) is 0 Å². The van der Waals surface area contributed by atoms with Crippen LogP contribution in [0.4, 0.5) is 0 Å². The van der Waals surface area contributed by atoms with Crippen molar-refractivity contribution in [2.24, 2.45) is 0 Å². The first kappa shape index (κ1) is 28.3. The molecule has 0 radical (unpaired) electrons. The van der Waals surface area contributed by atoms with Gasteiger partial charge in [0.05, 0.1) is 30.8 Å². The van der Waals surface area contributed by atoms with Gasteiger partial charge in [-0.2, -0.15) is 0 Å². The third-order valence-corrected chi connectivity index (χ3v) is 7.62. The molecule has 0 saturated carbocycles. The van der Waals surface area contributed by atoms with Gasteiger partial charge in [-0.3, -0.25) is 18.9 Å². The van der Waals surface area contributed by atoms with Crippen molar-refractivity contribution in [3.63, 3.8) is 0 Å². The molecule has 3 aromatic heterocycles. The van der Waals surface area contributed by atoms with Crippen molar-refractivity contribution in [2.75, 3.05) is 13.2 Å². The zero-order valence-electron chi connectivity index (χ0n) is 24.2. The summed E-state index contributed by atoms with van der Waals surface area (Å²) in [5, 5.41) is 3.85. The highest BCUT2D eigenvalue weighted by Gasteiger charge is 2.19. The van der Waals surface area contributed by atoms with Gasteiger partial charge in [-0.1, -0.05) is 67.0 Å². The Morgan fingerprint density at radius 1 is 1.00 bits per heavy atom. The Labute approximate surface area is 248 Å². The van der Waals surface area contributed by atoms with Crippen molar-refractivity contribution in [1.29, 1.82) is 0 Å². The second-order valence-corrected chi connectivity index (χ2v) is 10.6. The standard InChI is InChI=1S/C33H33N5O5/c1-3-6-29-28(19-22-9-11-23(12-10-22)26-7-4-5-8-27(26)31-36-33(40)43-37-31)32(39)38(21(2)35-29)24-13-14-30(34-20-24)42-25-15-17-41-18-16-25/h4-5,7-14,20,25H,3,6,15-19H2,1-2H3,(H,36,37,40). The SMILES string of the molecule is CCCc1nc(C)n(-c2ccc(OC3CCOCC3)nc2)c(=O)c1Cc1ccc(-c2ccccc2-c2noc(=O)[nH]2)cc1. The Kier molecular flexibility index (Phi) is 8.28. The molecule has 1 aliphatic rings. The average molecular weight is 580 g/mol. The molecule has 1 N–H and O–H groups in total. The molecule has 2 aromatic carbocycles. The van der Waals surface area contributed by atoms with Crippen molar-refractivity contribution >= 4 is 0 Å². The largest absolute Gasteiger partial charge is 0.474 e. The molecular formula is C33H33N5O5. The summed E-state index contributed by atoms with van der Waals surface area (Å²) in [7, 11) is 0. The summed E-state index contributed by atoms with van der Waals surface area (Å²) in [5.74, 6) is 0.928. The van der Waals surface area contributed by atoms with Crippen LogP contribution in [-0.4, -0.2) is 44.0 Å². The summed E-state index contributed by atoms with van der Waals surface area (Å²) in [6.07, 6.45) is 5.46. The Balaban J connectivity index is 1.28. The van der Waals surface area contributed by atoms with Gasteiger partial charge in [0.15, 0.2) is 5.82 Å². The maximum Gasteiger partial charge on any atom is 0.439 e. The highest BCUT2D eigenvalue weighted by molar-refractivity contribution is 5.80. The van der Waals surface area contributed by atoms with Crippen LogP contribution in [0, 0.1) is 6.92 Å². The monoisotopic (exact) mass is 579 g/mol. The zero-order valence-corrected chi connectivity index (χ0v) is 24.2. The van der Waals surface area contributed by atoms with Crippen LogP contribution in [0.1, 0.15) is 48.8 Å². The second-order valence-electron chi connectivity index (χ2n) is 10.6. The Morgan fingerprint density at radius 3 is 2.44 bits per heavy atom. The van der Waals surface area contributed by atoms with Gasteiger partial charge in [-0.15, -0.1) is 0 Å². The van der Waals surface area contributed by atoms with Crippen LogP contribution in [0.15, 0.2) is 81.0 Å². The maximum absolute atomic E-state index is 14.0. The number of nitrogens with one attached hydrogen (secondary N) is 1. The molecule has 10 heteroatoms. The summed E-state index contributed by atoms with van der Waals surface area (Å²) in [6, 6.07) is 19.4. The minimum Gasteiger partial charge on any atom is -0.474 e. The molecule has 220 valence electrons. The fourth-order valence-electron chi connectivity index (χ4n) is 5.48. The molecule has 43 heavy (non-hydrogen) atoms. The smallest absolute Gasteiger partial charge is 0.439 e. The van der Waals surface area contributed by atoms with Crippen molar-refractivity contribution in [3.8, 4) is 34.1 Å². The first-order valence-electron chi connectivity index (χ1n) is 14.6. The molecule has 0 aliphatic carbocycles. The molecule has 0 atom stereocenters. The van der Waals surface area contributed by atoms with E-state index in [0.717, 1.165) is 47.2 Å². The number of aryl methyl sites for hydroxylation is 2. The molecule has 1 aliphatic heterocycles. The van der Waals surface area contributed by atoms with Crippen LogP contribution in [0.3, 0.4) is 0 Å². The van der Waals surface area contributed by atoms with E-state index in [1.54, 1.807) is 10.8 Å². The number of ether oxygens (including phenoxy) is 2. The number of pyridine rings is 1. The van der Waals surface area contributed by atoms with E-state index in [0.29, 0.717) is 54.8 Å². The normalized spacial score (nSPS) is 13.7. The lowest BCUT2D eigenvalue weighted by molar-refractivity contribution is 0.0237. The Morgan fingerprint density at radius 2 is 1.77 bits per heavy atom. The third-order valence-electron chi connectivity index (χ3n) is 7.62. The number of benzene rings is 2. The number of nitrogens with zero attached hydrogens (tertiary/aromatic N) is 4. The first-order chi connectivity index (χ1) is 21.0. The maximum atomic E-state index is 14.0. The molecule has 1 saturated heterocycles. The van der Waals surface area contributed by atoms with Gasteiger partial charge < -0.3 is 9.47 Å². The van der Waals surface area contributed by atoms with Crippen LogP contribution in [-0.2, 0) is 17.6 Å². The molecule has 0 spiro atoms. The van der Waals surface area contributed by atoms with Gasteiger partial charge in [0.25, 0.3) is 5.56 Å². The fourth-order valence-corrected chi connectivity index (χ4v) is 5.48. The van der Waals surface area contributed by atoms with Crippen LogP contribution >= 0.6 is 0 Å². The topological polar surface area (TPSA) is 125 Å². The van der Waals surface area contributed by atoms with E-state index >= 15 is 0 Å². The van der Waals surface area contributed by atoms with Gasteiger partial charge in [-0.05, 0) is 36.1 Å². The summed E-state index contributed by atoms with van der Waals surface area (Å²) in [5.41, 5.74) is 5.64. The van der Waals surface area contributed by atoms with Crippen molar-refractivity contribution in [1.82, 2.24) is 24.7 Å². The van der Waals surface area contributed by atoms with E-state index in [4.69, 9.17) is 19.0 Å². The van der Waals surface area contributed by atoms with Crippen LogP contribution < -0.4 is 16.1 Å². The molecule has 1 fully saturated rings. The Bertz CT molecular complexity index is 1820. The van der Waals surface area contributed by atoms with E-state index < -0.39 is 5.76 Å². The van der Waals surface area contributed by atoms with Gasteiger partial charge in [-0.25, -0.2) is 14.8 Å². The van der Waals surface area contributed by atoms with E-state index in [2.05, 4.69) is 22.0 Å². The van der Waals surface area contributed by atoms with Crippen molar-refractivity contribution < 1.29 is 14.0 Å². The van der Waals surface area contributed by atoms with Gasteiger partial charge in [0, 0.05) is 36.5 Å². The molecule has 10 nitrogen and oxygen atoms in total. The Hall–Kier alpha value is -4.83. The quantitative estimate of drug-likeness (QED) is 0.257. The van der Waals surface area contributed by atoms with Gasteiger partial charge in [0.2, 0.25) is 5.88 Å². The third kappa shape index (κ3) is 6.19. The fraction of sp³-hybridized carbons (Fsp3) is 0.303. The number of aromatic nitrogens is 5. The van der Waals surface area contributed by atoms with Crippen molar-refractivity contribution in [3.05, 3.63) is 110 Å². The van der Waals surface area contributed by atoms with Crippen LogP contribution in [0.5, 0.6) is 5.88 Å². The zero-order chi connectivity index (χ0) is 29.8. The van der Waals surface area contributed by atoms with Crippen LogP contribution in [0.25, 0.3) is 28.2 Å². The van der Waals surface area contributed by atoms with Gasteiger partial charge >= 0.3 is 5.76 Å². The molecule has 0 amide bonds. The molecule has 5 aromatic rings. The van der Waals surface area contributed by atoms with E-state index in [9.17, 15) is 9.59 Å². The van der Waals surface area contributed by atoms with E-state index in [-0.39, 0.29) is 11.7 Å². The van der Waals surface area contributed by atoms with E-state index in [1.807, 2.05) is 67.6 Å². The predicted octanol–water partition coefficient (Wildman–Crippen LogP) is 5.05. The summed E-state index contributed by atoms with van der Waals surface area (Å²) in [4.78, 5) is 37.5. The summed E-state index contributed by atoms with van der Waals surface area (Å²) in [6.45, 7) is 5.32. The lowest BCUT2D eigenvalue weighted by Crippen LogP contribution is -2.28. The summed E-state index contributed by atoms with van der Waals surface area (Å²) < 4.78 is 17.8. The minimum atomic E-state index is -0.601. The number of rotatable bonds is 9. The molecule has 0 bridgehead atoms. The average Bonchev–Trinajstić information content (AvgIpc) is 3.47. The number of hydrogen-bond acceptors (Lipinski definition) is 8. The lowest BCUT2D eigenvalue weighted by atomic mass is 9.96. The van der Waals surface area contributed by atoms with Crippen molar-refractivity contribution in [2.45, 2.75) is 52.1 Å². The molecule has 6 rings (SSSR count). The highest BCUT2D eigenvalue weighted by atomic mass is 16.5. The first-order valence-corrected chi connectivity index (χ1v) is 14.6. The van der Waals surface area contributed by atoms with E-state index in [1.165, 1.54) is 0 Å². The summed E-state index contributed by atoms with van der Waals surface area (Å²) >= 11 is 0. The minimum absolute atomic E-state index is 0.0874. The number of H-pyrrole nitrogens is 1. The predicted molar refractivity (Wildman–Crippen MR) is 162 cm³/mol. The highest BCUT2D eigenvalue weighted by Crippen LogP contribution is 2.30. The number of hydrogen-bond donors (Lipinski definition) is 1. The molecular weight excluding hydrogens is 546 g/mol.